The van der Waals surface area contributed by atoms with Crippen LogP contribution >= 0.6 is 0 Å². The van der Waals surface area contributed by atoms with Gasteiger partial charge in [-0.3, -0.25) is 9.78 Å². The first-order chi connectivity index (χ1) is 9.15. The number of Topliss-reactive ketones (excluding diaryl/α,β-unsaturated/α-hetero) is 1. The number of nitrogens with zero attached hydrogens (tertiary/aromatic N) is 1. The van der Waals surface area contributed by atoms with E-state index in [-0.39, 0.29) is 5.78 Å². The third-order valence-corrected chi connectivity index (χ3v) is 3.29. The van der Waals surface area contributed by atoms with E-state index < -0.39 is 0 Å². The summed E-state index contributed by atoms with van der Waals surface area (Å²) >= 11 is 0. The highest BCUT2D eigenvalue weighted by Gasteiger charge is 2.06. The molecule has 0 amide bonds. The maximum Gasteiger partial charge on any atom is 0.139 e. The molecule has 0 saturated carbocycles. The van der Waals surface area contributed by atoms with E-state index in [0.29, 0.717) is 12.8 Å². The van der Waals surface area contributed by atoms with Gasteiger partial charge in [-0.05, 0) is 43.0 Å². The molecule has 0 N–H and O–H groups in total. The Bertz CT molecular complexity index is 558. The summed E-state index contributed by atoms with van der Waals surface area (Å²) in [4.78, 5) is 16.2. The van der Waals surface area contributed by atoms with Crippen LogP contribution in [0.25, 0.3) is 0 Å². The molecular formula is C17H19NO. The summed E-state index contributed by atoms with van der Waals surface area (Å²) in [6, 6.07) is 12.2. The SMILES string of the molecule is Cc1ccc(CC(=O)CCc2ccccc2C)nc1. The Hall–Kier alpha value is -1.96. The van der Waals surface area contributed by atoms with E-state index in [1.165, 1.54) is 11.1 Å². The Morgan fingerprint density at radius 2 is 1.89 bits per heavy atom. The van der Waals surface area contributed by atoms with Gasteiger partial charge >= 0.3 is 0 Å². The fourth-order valence-corrected chi connectivity index (χ4v) is 2.06. The average Bonchev–Trinajstić information content (AvgIpc) is 2.40. The second-order valence-corrected chi connectivity index (χ2v) is 4.97. The average molecular weight is 253 g/mol. The fourth-order valence-electron chi connectivity index (χ4n) is 2.06. The van der Waals surface area contributed by atoms with E-state index in [4.69, 9.17) is 0 Å². The van der Waals surface area contributed by atoms with E-state index in [1.807, 2.05) is 37.4 Å². The molecule has 0 spiro atoms. The van der Waals surface area contributed by atoms with Gasteiger partial charge in [-0.15, -0.1) is 0 Å². The van der Waals surface area contributed by atoms with Crippen molar-refractivity contribution in [1.82, 2.24) is 4.98 Å². The molecule has 0 radical (unpaired) electrons. The smallest absolute Gasteiger partial charge is 0.139 e. The van der Waals surface area contributed by atoms with Crippen LogP contribution in [-0.2, 0) is 17.6 Å². The lowest BCUT2D eigenvalue weighted by Crippen LogP contribution is -2.06. The summed E-state index contributed by atoms with van der Waals surface area (Å²) in [5.74, 6) is 0.250. The number of ketones is 1. The monoisotopic (exact) mass is 253 g/mol. The zero-order valence-corrected chi connectivity index (χ0v) is 11.5. The molecule has 0 saturated heterocycles. The van der Waals surface area contributed by atoms with Crippen molar-refractivity contribution in [2.24, 2.45) is 0 Å². The van der Waals surface area contributed by atoms with Crippen LogP contribution in [0, 0.1) is 13.8 Å². The van der Waals surface area contributed by atoms with Gasteiger partial charge in [0.2, 0.25) is 0 Å². The van der Waals surface area contributed by atoms with E-state index in [1.54, 1.807) is 0 Å². The molecule has 0 bridgehead atoms. The van der Waals surface area contributed by atoms with Gasteiger partial charge in [-0.25, -0.2) is 0 Å². The number of hydrogen-bond acceptors (Lipinski definition) is 2. The van der Waals surface area contributed by atoms with Crippen molar-refractivity contribution in [3.63, 3.8) is 0 Å². The molecule has 1 aromatic carbocycles. The minimum Gasteiger partial charge on any atom is -0.299 e. The summed E-state index contributed by atoms with van der Waals surface area (Å²) in [5.41, 5.74) is 4.49. The van der Waals surface area contributed by atoms with Gasteiger partial charge in [0.25, 0.3) is 0 Å². The molecule has 2 heteroatoms. The summed E-state index contributed by atoms with van der Waals surface area (Å²) in [5, 5.41) is 0. The van der Waals surface area contributed by atoms with Gasteiger partial charge in [0.1, 0.15) is 5.78 Å². The Balaban J connectivity index is 1.88. The first-order valence-electron chi connectivity index (χ1n) is 6.63. The molecular weight excluding hydrogens is 234 g/mol. The highest BCUT2D eigenvalue weighted by Crippen LogP contribution is 2.10. The molecule has 0 aliphatic heterocycles. The highest BCUT2D eigenvalue weighted by atomic mass is 16.1. The maximum absolute atomic E-state index is 11.9. The third-order valence-electron chi connectivity index (χ3n) is 3.29. The van der Waals surface area contributed by atoms with Gasteiger partial charge in [0.05, 0.1) is 0 Å². The molecule has 2 rings (SSSR count). The molecule has 0 aliphatic carbocycles. The van der Waals surface area contributed by atoms with Crippen molar-refractivity contribution in [2.75, 3.05) is 0 Å². The van der Waals surface area contributed by atoms with Gasteiger partial charge in [-0.1, -0.05) is 30.3 Å². The van der Waals surface area contributed by atoms with Crippen LogP contribution in [0.3, 0.4) is 0 Å². The van der Waals surface area contributed by atoms with Gasteiger partial charge in [0.15, 0.2) is 0 Å². The molecule has 1 aromatic heterocycles. The summed E-state index contributed by atoms with van der Waals surface area (Å²) in [7, 11) is 0. The van der Waals surface area contributed by atoms with E-state index in [9.17, 15) is 4.79 Å². The molecule has 0 atom stereocenters. The van der Waals surface area contributed by atoms with Crippen molar-refractivity contribution >= 4 is 5.78 Å². The second-order valence-electron chi connectivity index (χ2n) is 4.97. The molecule has 2 nitrogen and oxygen atoms in total. The van der Waals surface area contributed by atoms with E-state index in [0.717, 1.165) is 17.7 Å². The number of pyridine rings is 1. The Kier molecular flexibility index (Phi) is 4.45. The predicted octanol–water partition coefficient (Wildman–Crippen LogP) is 3.44. The zero-order valence-electron chi connectivity index (χ0n) is 11.5. The van der Waals surface area contributed by atoms with Crippen LogP contribution in [-0.4, -0.2) is 10.8 Å². The second kappa shape index (κ2) is 6.28. The van der Waals surface area contributed by atoms with Crippen molar-refractivity contribution in [3.05, 3.63) is 65.0 Å². The number of carbonyl (C=O) groups is 1. The standard InChI is InChI=1S/C17H19NO/c1-13-7-9-16(18-12-13)11-17(19)10-8-15-6-4-3-5-14(15)2/h3-7,9,12H,8,10-11H2,1-2H3. The number of carbonyl (C=O) groups excluding carboxylic acids is 1. The quantitative estimate of drug-likeness (QED) is 0.817. The maximum atomic E-state index is 11.9. The van der Waals surface area contributed by atoms with Crippen molar-refractivity contribution < 1.29 is 4.79 Å². The lowest BCUT2D eigenvalue weighted by Gasteiger charge is -2.05. The summed E-state index contributed by atoms with van der Waals surface area (Å²) < 4.78 is 0. The Morgan fingerprint density at radius 1 is 1.11 bits per heavy atom. The molecule has 98 valence electrons. The topological polar surface area (TPSA) is 30.0 Å². The summed E-state index contributed by atoms with van der Waals surface area (Å²) in [6.45, 7) is 4.08. The van der Waals surface area contributed by atoms with Crippen molar-refractivity contribution in [1.29, 1.82) is 0 Å². The van der Waals surface area contributed by atoms with E-state index >= 15 is 0 Å². The lowest BCUT2D eigenvalue weighted by molar-refractivity contribution is -0.118. The van der Waals surface area contributed by atoms with Gasteiger partial charge in [-0.2, -0.15) is 0 Å². The predicted molar refractivity (Wildman–Crippen MR) is 77.2 cm³/mol. The first-order valence-corrected chi connectivity index (χ1v) is 6.63. The van der Waals surface area contributed by atoms with E-state index in [2.05, 4.69) is 24.0 Å². The van der Waals surface area contributed by atoms with Crippen LogP contribution < -0.4 is 0 Å². The van der Waals surface area contributed by atoms with Gasteiger partial charge < -0.3 is 0 Å². The molecule has 0 aliphatic rings. The first kappa shape index (κ1) is 13.5. The normalized spacial score (nSPS) is 10.4. The molecule has 19 heavy (non-hydrogen) atoms. The molecule has 0 fully saturated rings. The largest absolute Gasteiger partial charge is 0.299 e. The number of aromatic nitrogens is 1. The van der Waals surface area contributed by atoms with Crippen LogP contribution in [0.15, 0.2) is 42.6 Å². The Labute approximate surface area is 114 Å². The Morgan fingerprint density at radius 3 is 2.58 bits per heavy atom. The third kappa shape index (κ3) is 4.02. The molecule has 2 aromatic rings. The van der Waals surface area contributed by atoms with Crippen molar-refractivity contribution in [2.45, 2.75) is 33.1 Å². The molecule has 0 unspecified atom stereocenters. The van der Waals surface area contributed by atoms with Gasteiger partial charge in [0, 0.05) is 24.7 Å². The van der Waals surface area contributed by atoms with Crippen LogP contribution in [0.4, 0.5) is 0 Å². The van der Waals surface area contributed by atoms with Crippen LogP contribution in [0.5, 0.6) is 0 Å². The van der Waals surface area contributed by atoms with Crippen LogP contribution in [0.1, 0.15) is 28.8 Å². The lowest BCUT2D eigenvalue weighted by atomic mass is 10.0. The number of hydrogen-bond donors (Lipinski definition) is 0. The number of rotatable bonds is 5. The fraction of sp³-hybridized carbons (Fsp3) is 0.294. The minimum atomic E-state index is 0.250. The minimum absolute atomic E-state index is 0.250. The molecule has 1 heterocycles. The number of benzene rings is 1. The number of aryl methyl sites for hydroxylation is 3. The summed E-state index contributed by atoms with van der Waals surface area (Å²) in [6.07, 6.45) is 3.65. The van der Waals surface area contributed by atoms with Crippen molar-refractivity contribution in [3.8, 4) is 0 Å². The highest BCUT2D eigenvalue weighted by molar-refractivity contribution is 5.80. The van der Waals surface area contributed by atoms with Crippen LogP contribution in [0.2, 0.25) is 0 Å². The zero-order chi connectivity index (χ0) is 13.7.